The summed E-state index contributed by atoms with van der Waals surface area (Å²) < 4.78 is 2.48. The first-order chi connectivity index (χ1) is 10.4. The van der Waals surface area contributed by atoms with Crippen LogP contribution >= 0.6 is 22.6 Å². The number of aromatic nitrogens is 2. The Kier molecular flexibility index (Phi) is 5.61. The van der Waals surface area contributed by atoms with Crippen LogP contribution in [-0.4, -0.2) is 15.7 Å². The zero-order valence-corrected chi connectivity index (χ0v) is 15.6. The summed E-state index contributed by atoms with van der Waals surface area (Å²) in [6.07, 6.45) is 2.55. The molecule has 1 aromatic heterocycles. The average Bonchev–Trinajstić information content (AvgIpc) is 2.84. The first-order valence-electron chi connectivity index (χ1n) is 7.52. The molecule has 1 N–H and O–H groups in total. The Morgan fingerprint density at radius 2 is 1.86 bits per heavy atom. The lowest BCUT2D eigenvalue weighted by atomic mass is 9.98. The molecular formula is C17H22IN3O. The molecule has 22 heavy (non-hydrogen) atoms. The highest BCUT2D eigenvalue weighted by Gasteiger charge is 2.19. The third-order valence-corrected chi connectivity index (χ3v) is 4.62. The van der Waals surface area contributed by atoms with E-state index in [2.05, 4.69) is 78.0 Å². The molecule has 0 aliphatic rings. The number of carbonyl (C=O) groups excluding carboxylic acids is 1. The van der Waals surface area contributed by atoms with E-state index in [4.69, 9.17) is 0 Å². The van der Waals surface area contributed by atoms with Crippen LogP contribution in [0.15, 0.2) is 30.5 Å². The smallest absolute Gasteiger partial charge is 0.271 e. The number of amides is 1. The normalized spacial score (nSPS) is 12.5. The molecule has 0 saturated carbocycles. The number of carbonyl (C=O) groups is 1. The van der Waals surface area contributed by atoms with Gasteiger partial charge in [-0.25, -0.2) is 0 Å². The second-order valence-electron chi connectivity index (χ2n) is 5.72. The molecule has 0 radical (unpaired) electrons. The number of nitrogens with zero attached hydrogens (tertiary/aromatic N) is 2. The lowest BCUT2D eigenvalue weighted by molar-refractivity contribution is 0.0925. The molecule has 4 nitrogen and oxygen atoms in total. The van der Waals surface area contributed by atoms with Gasteiger partial charge in [0.15, 0.2) is 0 Å². The van der Waals surface area contributed by atoms with Crippen LogP contribution in [0.1, 0.15) is 60.8 Å². The number of rotatable bonds is 5. The fourth-order valence-corrected chi connectivity index (χ4v) is 3.15. The van der Waals surface area contributed by atoms with Gasteiger partial charge < -0.3 is 5.32 Å². The molecule has 0 spiro atoms. The Balaban J connectivity index is 2.17. The van der Waals surface area contributed by atoms with Crippen molar-refractivity contribution in [1.82, 2.24) is 15.1 Å². The molecule has 0 saturated heterocycles. The van der Waals surface area contributed by atoms with E-state index >= 15 is 0 Å². The fourth-order valence-electron chi connectivity index (χ4n) is 2.43. The standard InChI is InChI=1S/C17H22IN3O/c1-5-15(13-8-6-12(7-9-13)11(2)3)20-17(22)16-14(18)10-19-21(16)4/h6-11,15H,5H2,1-4H3,(H,20,22)/t15-/m1/s1. The van der Waals surface area contributed by atoms with Crippen molar-refractivity contribution in [3.05, 3.63) is 50.9 Å². The molecule has 0 aliphatic heterocycles. The summed E-state index contributed by atoms with van der Waals surface area (Å²) in [5, 5.41) is 7.23. The second-order valence-corrected chi connectivity index (χ2v) is 6.88. The maximum atomic E-state index is 12.5. The van der Waals surface area contributed by atoms with Gasteiger partial charge in [0.1, 0.15) is 5.69 Å². The van der Waals surface area contributed by atoms with E-state index in [1.807, 2.05) is 0 Å². The summed E-state index contributed by atoms with van der Waals surface area (Å²) in [4.78, 5) is 12.5. The maximum Gasteiger partial charge on any atom is 0.271 e. The van der Waals surface area contributed by atoms with Crippen molar-refractivity contribution in [2.24, 2.45) is 7.05 Å². The van der Waals surface area contributed by atoms with E-state index < -0.39 is 0 Å². The molecule has 0 aliphatic carbocycles. The van der Waals surface area contributed by atoms with Crippen LogP contribution < -0.4 is 5.32 Å². The topological polar surface area (TPSA) is 46.9 Å². The number of nitrogens with one attached hydrogen (secondary N) is 1. The van der Waals surface area contributed by atoms with E-state index in [0.717, 1.165) is 15.6 Å². The molecule has 1 aromatic carbocycles. The molecule has 2 aromatic rings. The average molecular weight is 411 g/mol. The third kappa shape index (κ3) is 3.69. The zero-order chi connectivity index (χ0) is 16.3. The maximum absolute atomic E-state index is 12.5. The van der Waals surface area contributed by atoms with Gasteiger partial charge in [-0.05, 0) is 46.1 Å². The number of benzene rings is 1. The monoisotopic (exact) mass is 411 g/mol. The van der Waals surface area contributed by atoms with Crippen molar-refractivity contribution >= 4 is 28.5 Å². The fraction of sp³-hybridized carbons (Fsp3) is 0.412. The Labute approximate surface area is 145 Å². The van der Waals surface area contributed by atoms with Gasteiger partial charge in [-0.1, -0.05) is 45.0 Å². The summed E-state index contributed by atoms with van der Waals surface area (Å²) in [6, 6.07) is 8.51. The van der Waals surface area contributed by atoms with Crippen molar-refractivity contribution in [2.45, 2.75) is 39.2 Å². The lowest BCUT2D eigenvalue weighted by Gasteiger charge is -2.18. The van der Waals surface area contributed by atoms with Crippen molar-refractivity contribution in [2.75, 3.05) is 0 Å². The van der Waals surface area contributed by atoms with E-state index in [9.17, 15) is 4.79 Å². The minimum absolute atomic E-state index is 0.0133. The van der Waals surface area contributed by atoms with Crippen molar-refractivity contribution in [1.29, 1.82) is 0 Å². The largest absolute Gasteiger partial charge is 0.344 e. The molecule has 2 rings (SSSR count). The van der Waals surface area contributed by atoms with Gasteiger partial charge in [0.05, 0.1) is 15.8 Å². The van der Waals surface area contributed by atoms with Gasteiger partial charge in [-0.3, -0.25) is 9.48 Å². The zero-order valence-electron chi connectivity index (χ0n) is 13.4. The molecule has 0 fully saturated rings. The Hall–Kier alpha value is -1.37. The van der Waals surface area contributed by atoms with Gasteiger partial charge in [-0.15, -0.1) is 0 Å². The predicted molar refractivity (Wildman–Crippen MR) is 97.0 cm³/mol. The van der Waals surface area contributed by atoms with Crippen LogP contribution in [0.5, 0.6) is 0 Å². The molecule has 0 unspecified atom stereocenters. The Morgan fingerprint density at radius 3 is 2.32 bits per heavy atom. The van der Waals surface area contributed by atoms with Crippen LogP contribution in [0.3, 0.4) is 0 Å². The SMILES string of the molecule is CC[C@@H](NC(=O)c1c(I)cnn1C)c1ccc(C(C)C)cc1. The highest BCUT2D eigenvalue weighted by molar-refractivity contribution is 14.1. The highest BCUT2D eigenvalue weighted by Crippen LogP contribution is 2.21. The second kappa shape index (κ2) is 7.26. The van der Waals surface area contributed by atoms with Crippen molar-refractivity contribution < 1.29 is 4.79 Å². The molecule has 1 amide bonds. The van der Waals surface area contributed by atoms with Gasteiger partial charge in [0.2, 0.25) is 0 Å². The molecular weight excluding hydrogens is 389 g/mol. The summed E-state index contributed by atoms with van der Waals surface area (Å²) >= 11 is 2.14. The molecule has 0 bridgehead atoms. The Bertz CT molecular complexity index is 627. The molecule has 1 atom stereocenters. The van der Waals surface area contributed by atoms with Crippen LogP contribution in [-0.2, 0) is 7.05 Å². The van der Waals surface area contributed by atoms with Crippen LogP contribution in [0.4, 0.5) is 0 Å². The summed E-state index contributed by atoms with van der Waals surface area (Å²) in [5.41, 5.74) is 3.06. The van der Waals surface area contributed by atoms with E-state index in [0.29, 0.717) is 11.6 Å². The van der Waals surface area contributed by atoms with Crippen LogP contribution in [0.25, 0.3) is 0 Å². The van der Waals surface area contributed by atoms with Gasteiger partial charge >= 0.3 is 0 Å². The van der Waals surface area contributed by atoms with E-state index in [-0.39, 0.29) is 11.9 Å². The number of halogens is 1. The molecule has 118 valence electrons. The summed E-state index contributed by atoms with van der Waals surface area (Å²) in [7, 11) is 1.79. The van der Waals surface area contributed by atoms with Crippen molar-refractivity contribution in [3.8, 4) is 0 Å². The number of aryl methyl sites for hydroxylation is 1. The predicted octanol–water partition coefficient (Wildman–Crippen LogP) is 4.03. The van der Waals surface area contributed by atoms with Gasteiger partial charge in [0, 0.05) is 7.05 Å². The first kappa shape index (κ1) is 17.0. The highest BCUT2D eigenvalue weighted by atomic mass is 127. The third-order valence-electron chi connectivity index (χ3n) is 3.83. The van der Waals surface area contributed by atoms with Crippen LogP contribution in [0, 0.1) is 3.57 Å². The van der Waals surface area contributed by atoms with Crippen LogP contribution in [0.2, 0.25) is 0 Å². The molecule has 5 heteroatoms. The minimum Gasteiger partial charge on any atom is -0.344 e. The number of hydrogen-bond donors (Lipinski definition) is 1. The van der Waals surface area contributed by atoms with Crippen molar-refractivity contribution in [3.63, 3.8) is 0 Å². The summed E-state index contributed by atoms with van der Waals surface area (Å²) in [6.45, 7) is 6.44. The van der Waals surface area contributed by atoms with E-state index in [1.54, 1.807) is 17.9 Å². The van der Waals surface area contributed by atoms with Gasteiger partial charge in [-0.2, -0.15) is 5.10 Å². The Morgan fingerprint density at radius 1 is 1.27 bits per heavy atom. The summed E-state index contributed by atoms with van der Waals surface area (Å²) in [5.74, 6) is 0.434. The van der Waals surface area contributed by atoms with E-state index in [1.165, 1.54) is 5.56 Å². The lowest BCUT2D eigenvalue weighted by Crippen LogP contribution is -2.30. The van der Waals surface area contributed by atoms with Gasteiger partial charge in [0.25, 0.3) is 5.91 Å². The number of hydrogen-bond acceptors (Lipinski definition) is 2. The quantitative estimate of drug-likeness (QED) is 0.756. The first-order valence-corrected chi connectivity index (χ1v) is 8.60. The minimum atomic E-state index is -0.0795. The molecule has 1 heterocycles.